The van der Waals surface area contributed by atoms with Gasteiger partial charge in [0.25, 0.3) is 5.91 Å². The lowest BCUT2D eigenvalue weighted by Crippen LogP contribution is -2.51. The van der Waals surface area contributed by atoms with Crippen molar-refractivity contribution in [1.82, 2.24) is 10.2 Å². The van der Waals surface area contributed by atoms with Crippen LogP contribution in [0.3, 0.4) is 0 Å². The highest BCUT2D eigenvalue weighted by Gasteiger charge is 2.34. The van der Waals surface area contributed by atoms with E-state index in [1.165, 1.54) is 17.5 Å². The third-order valence-corrected chi connectivity index (χ3v) is 7.20. The molecule has 0 radical (unpaired) electrons. The van der Waals surface area contributed by atoms with Crippen LogP contribution in [0.1, 0.15) is 60.8 Å². The Bertz CT molecular complexity index is 1050. The molecule has 5 heteroatoms. The number of benzene rings is 2. The first-order valence-electron chi connectivity index (χ1n) is 11.5. The summed E-state index contributed by atoms with van der Waals surface area (Å²) < 4.78 is 0. The second kappa shape index (κ2) is 9.90. The highest BCUT2D eigenvalue weighted by molar-refractivity contribution is 6.31. The van der Waals surface area contributed by atoms with Gasteiger partial charge < -0.3 is 5.32 Å². The van der Waals surface area contributed by atoms with Gasteiger partial charge in [0, 0.05) is 35.8 Å². The Morgan fingerprint density at radius 2 is 1.97 bits per heavy atom. The fourth-order valence-corrected chi connectivity index (χ4v) is 5.22. The molecule has 1 aliphatic carbocycles. The lowest BCUT2D eigenvalue weighted by atomic mass is 9.78. The SMILES string of the molecule is C=C(C(=O)NC1(CCN2CCc3cc(C#N)ccc3C2)CCCCC1)c1cccc(Cl)c1. The van der Waals surface area contributed by atoms with Crippen LogP contribution in [0.4, 0.5) is 0 Å². The van der Waals surface area contributed by atoms with Crippen molar-refractivity contribution in [2.45, 2.75) is 57.0 Å². The number of nitrogens with zero attached hydrogens (tertiary/aromatic N) is 2. The van der Waals surface area contributed by atoms with Gasteiger partial charge in [0.15, 0.2) is 0 Å². The highest BCUT2D eigenvalue weighted by Crippen LogP contribution is 2.33. The summed E-state index contributed by atoms with van der Waals surface area (Å²) in [7, 11) is 0. The summed E-state index contributed by atoms with van der Waals surface area (Å²) >= 11 is 6.11. The van der Waals surface area contributed by atoms with Crippen LogP contribution < -0.4 is 5.32 Å². The zero-order valence-corrected chi connectivity index (χ0v) is 19.3. The van der Waals surface area contributed by atoms with Crippen LogP contribution in [-0.4, -0.2) is 29.4 Å². The zero-order chi connectivity index (χ0) is 22.6. The first-order chi connectivity index (χ1) is 15.5. The minimum atomic E-state index is -0.179. The van der Waals surface area contributed by atoms with Gasteiger partial charge in [-0.2, -0.15) is 5.26 Å². The Morgan fingerprint density at radius 3 is 2.72 bits per heavy atom. The summed E-state index contributed by atoms with van der Waals surface area (Å²) in [6.45, 7) is 6.89. The number of halogens is 1. The second-order valence-electron chi connectivity index (χ2n) is 9.16. The van der Waals surface area contributed by atoms with Gasteiger partial charge in [0.05, 0.1) is 11.6 Å². The van der Waals surface area contributed by atoms with Gasteiger partial charge in [-0.3, -0.25) is 9.69 Å². The van der Waals surface area contributed by atoms with Gasteiger partial charge in [0.1, 0.15) is 0 Å². The molecule has 0 bridgehead atoms. The fourth-order valence-electron chi connectivity index (χ4n) is 5.03. The number of amides is 1. The Kier molecular flexibility index (Phi) is 6.98. The largest absolute Gasteiger partial charge is 0.347 e. The topological polar surface area (TPSA) is 56.1 Å². The van der Waals surface area contributed by atoms with Crippen LogP contribution >= 0.6 is 11.6 Å². The molecule has 32 heavy (non-hydrogen) atoms. The van der Waals surface area contributed by atoms with E-state index in [0.29, 0.717) is 10.6 Å². The normalized spacial score (nSPS) is 17.8. The number of rotatable bonds is 6. The summed E-state index contributed by atoms with van der Waals surface area (Å²) in [5.74, 6) is -0.0952. The van der Waals surface area contributed by atoms with Gasteiger partial charge >= 0.3 is 0 Å². The molecule has 2 aromatic rings. The maximum atomic E-state index is 13.1. The molecule has 1 heterocycles. The summed E-state index contributed by atoms with van der Waals surface area (Å²) in [5.41, 5.74) is 4.40. The quantitative estimate of drug-likeness (QED) is 0.595. The Balaban J connectivity index is 1.41. The number of nitriles is 1. The first kappa shape index (κ1) is 22.6. The summed E-state index contributed by atoms with van der Waals surface area (Å²) in [6.07, 6.45) is 7.44. The number of fused-ring (bicyclic) bond motifs is 1. The standard InChI is InChI=1S/C27H30ClN3O/c1-20(22-6-5-7-25(28)17-22)26(32)30-27(11-3-2-4-12-27)13-15-31-14-10-23-16-21(18-29)8-9-24(23)19-31/h5-9,16-17H,1-4,10-15,19H2,(H,30,32). The van der Waals surface area contributed by atoms with Crippen molar-refractivity contribution in [3.05, 3.63) is 76.3 Å². The lowest BCUT2D eigenvalue weighted by Gasteiger charge is -2.40. The van der Waals surface area contributed by atoms with Crippen LogP contribution in [0, 0.1) is 11.3 Å². The van der Waals surface area contributed by atoms with Gasteiger partial charge in [-0.15, -0.1) is 0 Å². The number of hydrogen-bond acceptors (Lipinski definition) is 3. The summed E-state index contributed by atoms with van der Waals surface area (Å²) in [4.78, 5) is 15.6. The van der Waals surface area contributed by atoms with Crippen molar-refractivity contribution in [3.8, 4) is 6.07 Å². The van der Waals surface area contributed by atoms with Crippen molar-refractivity contribution in [3.63, 3.8) is 0 Å². The minimum absolute atomic E-state index is 0.0952. The van der Waals surface area contributed by atoms with Gasteiger partial charge in [-0.05, 0) is 66.6 Å². The third-order valence-electron chi connectivity index (χ3n) is 6.97. The van der Waals surface area contributed by atoms with E-state index in [1.54, 1.807) is 12.1 Å². The van der Waals surface area contributed by atoms with Crippen molar-refractivity contribution in [2.24, 2.45) is 0 Å². The van der Waals surface area contributed by atoms with Crippen molar-refractivity contribution >= 4 is 23.1 Å². The van der Waals surface area contributed by atoms with E-state index in [2.05, 4.69) is 28.9 Å². The molecular formula is C27H30ClN3O. The van der Waals surface area contributed by atoms with Crippen molar-refractivity contribution < 1.29 is 4.79 Å². The van der Waals surface area contributed by atoms with E-state index >= 15 is 0 Å². The van der Waals surface area contributed by atoms with Crippen LogP contribution in [0.5, 0.6) is 0 Å². The molecule has 4 rings (SSSR count). The molecule has 2 aromatic carbocycles. The van der Waals surface area contributed by atoms with Gasteiger partial charge in [-0.1, -0.05) is 55.6 Å². The van der Waals surface area contributed by atoms with Crippen LogP contribution in [0.25, 0.3) is 5.57 Å². The Labute approximate surface area is 195 Å². The molecule has 1 saturated carbocycles. The molecule has 0 saturated heterocycles. The maximum Gasteiger partial charge on any atom is 0.251 e. The average molecular weight is 448 g/mol. The predicted molar refractivity (Wildman–Crippen MR) is 129 cm³/mol. The van der Waals surface area contributed by atoms with Crippen LogP contribution in [0.15, 0.2) is 49.0 Å². The molecule has 1 N–H and O–H groups in total. The monoisotopic (exact) mass is 447 g/mol. The molecule has 0 spiro atoms. The fraction of sp³-hybridized carbons (Fsp3) is 0.407. The maximum absolute atomic E-state index is 13.1. The van der Waals surface area contributed by atoms with Crippen LogP contribution in [-0.2, 0) is 17.8 Å². The van der Waals surface area contributed by atoms with E-state index in [9.17, 15) is 4.79 Å². The van der Waals surface area contributed by atoms with E-state index in [1.807, 2.05) is 24.3 Å². The Morgan fingerprint density at radius 1 is 1.16 bits per heavy atom. The van der Waals surface area contributed by atoms with Crippen LogP contribution in [0.2, 0.25) is 5.02 Å². The number of carbonyl (C=O) groups excluding carboxylic acids is 1. The average Bonchev–Trinajstić information content (AvgIpc) is 2.82. The minimum Gasteiger partial charge on any atom is -0.347 e. The third kappa shape index (κ3) is 5.23. The van der Waals surface area contributed by atoms with E-state index < -0.39 is 0 Å². The molecule has 166 valence electrons. The summed E-state index contributed by atoms with van der Waals surface area (Å²) in [5, 5.41) is 13.1. The first-order valence-corrected chi connectivity index (χ1v) is 11.9. The molecule has 1 amide bonds. The number of nitrogens with one attached hydrogen (secondary N) is 1. The summed E-state index contributed by atoms with van der Waals surface area (Å²) in [6, 6.07) is 15.6. The highest BCUT2D eigenvalue weighted by atomic mass is 35.5. The van der Waals surface area contributed by atoms with E-state index in [4.69, 9.17) is 16.9 Å². The molecule has 0 atom stereocenters. The van der Waals surface area contributed by atoms with E-state index in [-0.39, 0.29) is 11.4 Å². The second-order valence-corrected chi connectivity index (χ2v) is 9.59. The zero-order valence-electron chi connectivity index (χ0n) is 18.5. The predicted octanol–water partition coefficient (Wildman–Crippen LogP) is 5.49. The Hall–Kier alpha value is -2.61. The van der Waals surface area contributed by atoms with E-state index in [0.717, 1.165) is 69.3 Å². The molecule has 1 aliphatic heterocycles. The smallest absolute Gasteiger partial charge is 0.251 e. The molecule has 2 aliphatic rings. The number of hydrogen-bond donors (Lipinski definition) is 1. The molecular weight excluding hydrogens is 418 g/mol. The molecule has 0 unspecified atom stereocenters. The molecule has 1 fully saturated rings. The molecule has 0 aromatic heterocycles. The lowest BCUT2D eigenvalue weighted by molar-refractivity contribution is -0.118. The van der Waals surface area contributed by atoms with Crippen molar-refractivity contribution in [1.29, 1.82) is 5.26 Å². The number of carbonyl (C=O) groups is 1. The molecule has 4 nitrogen and oxygen atoms in total. The van der Waals surface area contributed by atoms with Crippen molar-refractivity contribution in [2.75, 3.05) is 13.1 Å². The van der Waals surface area contributed by atoms with Gasteiger partial charge in [0.2, 0.25) is 0 Å². The van der Waals surface area contributed by atoms with Gasteiger partial charge in [-0.25, -0.2) is 0 Å².